The van der Waals surface area contributed by atoms with E-state index in [0.717, 1.165) is 42.5 Å². The number of piperidine rings is 1. The molecule has 0 saturated carbocycles. The van der Waals surface area contributed by atoms with Crippen molar-refractivity contribution in [3.8, 4) is 11.3 Å². The van der Waals surface area contributed by atoms with Crippen LogP contribution in [0.3, 0.4) is 0 Å². The summed E-state index contributed by atoms with van der Waals surface area (Å²) in [4.78, 5) is 21.7. The molecule has 1 saturated heterocycles. The number of furan rings is 1. The highest BCUT2D eigenvalue weighted by atomic mass is 16.4. The van der Waals surface area contributed by atoms with E-state index >= 15 is 0 Å². The van der Waals surface area contributed by atoms with Crippen molar-refractivity contribution < 1.29 is 9.21 Å². The molecule has 0 radical (unpaired) electrons. The van der Waals surface area contributed by atoms with Gasteiger partial charge in [-0.25, -0.2) is 4.98 Å². The van der Waals surface area contributed by atoms with Gasteiger partial charge in [-0.2, -0.15) is 0 Å². The molecule has 0 aliphatic carbocycles. The zero-order chi connectivity index (χ0) is 14.9. The van der Waals surface area contributed by atoms with Crippen LogP contribution in [0.5, 0.6) is 0 Å². The fourth-order valence-corrected chi connectivity index (χ4v) is 3.03. The number of nitrogens with one attached hydrogen (secondary N) is 1. The van der Waals surface area contributed by atoms with Crippen LogP contribution in [0, 0.1) is 0 Å². The van der Waals surface area contributed by atoms with Gasteiger partial charge in [-0.1, -0.05) is 0 Å². The number of aromatic nitrogens is 2. The normalized spacial score (nSPS) is 15.4. The molecule has 3 aromatic heterocycles. The number of likely N-dealkylation sites (tertiary alicyclic amines) is 1. The Hall–Kier alpha value is -2.56. The number of pyridine rings is 1. The predicted molar refractivity (Wildman–Crippen MR) is 83.6 cm³/mol. The maximum Gasteiger partial charge on any atom is 0.289 e. The lowest BCUT2D eigenvalue weighted by Crippen LogP contribution is -2.35. The van der Waals surface area contributed by atoms with E-state index < -0.39 is 0 Å². The summed E-state index contributed by atoms with van der Waals surface area (Å²) in [6.45, 7) is 1.65. The number of aromatic amines is 1. The van der Waals surface area contributed by atoms with Crippen molar-refractivity contribution in [2.75, 3.05) is 13.1 Å². The molecule has 0 atom stereocenters. The molecule has 4 rings (SSSR count). The number of carbonyl (C=O) groups is 1. The molecule has 1 amide bonds. The highest BCUT2D eigenvalue weighted by molar-refractivity contribution is 5.94. The smallest absolute Gasteiger partial charge is 0.289 e. The second-order valence-corrected chi connectivity index (χ2v) is 5.62. The highest BCUT2D eigenvalue weighted by Crippen LogP contribution is 2.29. The second kappa shape index (κ2) is 5.33. The molecule has 5 heteroatoms. The molecule has 0 unspecified atom stereocenters. The molecule has 1 aliphatic heterocycles. The fraction of sp³-hybridized carbons (Fsp3) is 0.294. The Morgan fingerprint density at radius 3 is 2.86 bits per heavy atom. The van der Waals surface area contributed by atoms with E-state index in [-0.39, 0.29) is 5.91 Å². The fourth-order valence-electron chi connectivity index (χ4n) is 3.03. The Morgan fingerprint density at radius 2 is 2.00 bits per heavy atom. The summed E-state index contributed by atoms with van der Waals surface area (Å²) < 4.78 is 5.83. The number of hydrogen-bond acceptors (Lipinski definition) is 3. The lowest BCUT2D eigenvalue weighted by Gasteiger charge is -2.25. The first-order chi connectivity index (χ1) is 10.8. The van der Waals surface area contributed by atoms with E-state index in [4.69, 9.17) is 4.42 Å². The lowest BCUT2D eigenvalue weighted by atomic mass is 10.1. The molecule has 4 heterocycles. The van der Waals surface area contributed by atoms with Gasteiger partial charge >= 0.3 is 0 Å². The van der Waals surface area contributed by atoms with Crippen molar-refractivity contribution in [2.45, 2.75) is 19.3 Å². The number of fused-ring (bicyclic) bond motifs is 1. The van der Waals surface area contributed by atoms with Gasteiger partial charge in [-0.05, 0) is 43.5 Å². The zero-order valence-corrected chi connectivity index (χ0v) is 12.2. The molecule has 3 aromatic rings. The van der Waals surface area contributed by atoms with Gasteiger partial charge in [0.1, 0.15) is 11.4 Å². The maximum atomic E-state index is 12.5. The third kappa shape index (κ3) is 2.19. The SMILES string of the molecule is O=C(c1ccc(-c2ccnc3[nH]ccc23)o1)N1CCCCC1. The van der Waals surface area contributed by atoms with Crippen LogP contribution < -0.4 is 0 Å². The van der Waals surface area contributed by atoms with Crippen LogP contribution in [0.2, 0.25) is 0 Å². The van der Waals surface area contributed by atoms with E-state index in [1.54, 1.807) is 12.3 Å². The molecule has 0 bridgehead atoms. The van der Waals surface area contributed by atoms with Crippen LogP contribution in [0.4, 0.5) is 0 Å². The number of hydrogen-bond donors (Lipinski definition) is 1. The third-order valence-corrected chi connectivity index (χ3v) is 4.19. The molecule has 1 aliphatic rings. The van der Waals surface area contributed by atoms with Crippen molar-refractivity contribution in [3.05, 3.63) is 42.4 Å². The minimum Gasteiger partial charge on any atom is -0.451 e. The summed E-state index contributed by atoms with van der Waals surface area (Å²) in [5.74, 6) is 1.11. The van der Waals surface area contributed by atoms with Crippen molar-refractivity contribution in [2.24, 2.45) is 0 Å². The third-order valence-electron chi connectivity index (χ3n) is 4.19. The molecule has 1 fully saturated rings. The van der Waals surface area contributed by atoms with Crippen molar-refractivity contribution in [1.29, 1.82) is 0 Å². The summed E-state index contributed by atoms with van der Waals surface area (Å²) >= 11 is 0. The van der Waals surface area contributed by atoms with E-state index in [1.165, 1.54) is 6.42 Å². The van der Waals surface area contributed by atoms with E-state index in [9.17, 15) is 4.79 Å². The summed E-state index contributed by atoms with van der Waals surface area (Å²) in [5.41, 5.74) is 1.77. The average Bonchev–Trinajstić information content (AvgIpc) is 3.24. The molecule has 22 heavy (non-hydrogen) atoms. The van der Waals surface area contributed by atoms with Crippen LogP contribution >= 0.6 is 0 Å². The summed E-state index contributed by atoms with van der Waals surface area (Å²) in [7, 11) is 0. The first-order valence-corrected chi connectivity index (χ1v) is 7.64. The number of rotatable bonds is 2. The molecular formula is C17H17N3O2. The van der Waals surface area contributed by atoms with Crippen molar-refractivity contribution >= 4 is 16.9 Å². The van der Waals surface area contributed by atoms with Crippen molar-refractivity contribution in [1.82, 2.24) is 14.9 Å². The molecule has 1 N–H and O–H groups in total. The topological polar surface area (TPSA) is 62.1 Å². The van der Waals surface area contributed by atoms with Gasteiger partial charge in [0.15, 0.2) is 5.76 Å². The molecule has 0 spiro atoms. The van der Waals surface area contributed by atoms with Crippen LogP contribution in [0.1, 0.15) is 29.8 Å². The summed E-state index contributed by atoms with van der Waals surface area (Å²) in [6.07, 6.45) is 6.95. The average molecular weight is 295 g/mol. The van der Waals surface area contributed by atoms with E-state index in [2.05, 4.69) is 9.97 Å². The minimum absolute atomic E-state index is 0.00896. The predicted octanol–water partition coefficient (Wildman–Crippen LogP) is 3.45. The van der Waals surface area contributed by atoms with Gasteiger partial charge in [0.05, 0.1) is 0 Å². The van der Waals surface area contributed by atoms with E-state index in [0.29, 0.717) is 11.5 Å². The van der Waals surface area contributed by atoms with E-state index in [1.807, 2.05) is 29.3 Å². The lowest BCUT2D eigenvalue weighted by molar-refractivity contribution is 0.0693. The Balaban J connectivity index is 1.66. The number of nitrogens with zero attached hydrogens (tertiary/aromatic N) is 2. The monoisotopic (exact) mass is 295 g/mol. The minimum atomic E-state index is -0.00896. The number of carbonyl (C=O) groups excluding carboxylic acids is 1. The van der Waals surface area contributed by atoms with Gasteiger partial charge < -0.3 is 14.3 Å². The first-order valence-electron chi connectivity index (χ1n) is 7.64. The Morgan fingerprint density at radius 1 is 1.14 bits per heavy atom. The van der Waals surface area contributed by atoms with Crippen molar-refractivity contribution in [3.63, 3.8) is 0 Å². The van der Waals surface area contributed by atoms with Gasteiger partial charge in [0.2, 0.25) is 0 Å². The molecule has 5 nitrogen and oxygen atoms in total. The number of H-pyrrole nitrogens is 1. The Kier molecular flexibility index (Phi) is 3.18. The molecule has 0 aromatic carbocycles. The Labute approximate surface area is 127 Å². The Bertz CT molecular complexity index is 812. The summed E-state index contributed by atoms with van der Waals surface area (Å²) in [5, 5.41) is 0.994. The van der Waals surface area contributed by atoms with Gasteiger partial charge in [-0.15, -0.1) is 0 Å². The number of amides is 1. The van der Waals surface area contributed by atoms with Crippen LogP contribution in [0.15, 0.2) is 41.1 Å². The maximum absolute atomic E-state index is 12.5. The molecule has 112 valence electrons. The zero-order valence-electron chi connectivity index (χ0n) is 12.2. The summed E-state index contributed by atoms with van der Waals surface area (Å²) in [6, 6.07) is 7.50. The van der Waals surface area contributed by atoms with Crippen LogP contribution in [0.25, 0.3) is 22.4 Å². The molecular weight excluding hydrogens is 278 g/mol. The second-order valence-electron chi connectivity index (χ2n) is 5.62. The first kappa shape index (κ1) is 13.1. The highest BCUT2D eigenvalue weighted by Gasteiger charge is 2.21. The van der Waals surface area contributed by atoms with Gasteiger partial charge in [-0.3, -0.25) is 4.79 Å². The standard InChI is InChI=1S/C17H17N3O2/c21-17(20-10-2-1-3-11-20)15-5-4-14(22-15)12-6-8-18-16-13(12)7-9-19-16/h4-9H,1-3,10-11H2,(H,18,19). The largest absolute Gasteiger partial charge is 0.451 e. The van der Waals surface area contributed by atoms with Gasteiger partial charge in [0, 0.05) is 36.4 Å². The quantitative estimate of drug-likeness (QED) is 0.787. The van der Waals surface area contributed by atoms with Gasteiger partial charge in [0.25, 0.3) is 5.91 Å². The van der Waals surface area contributed by atoms with Crippen LogP contribution in [-0.2, 0) is 0 Å². The van der Waals surface area contributed by atoms with Crippen LogP contribution in [-0.4, -0.2) is 33.9 Å².